The normalized spacial score (nSPS) is 23.9. The van der Waals surface area contributed by atoms with E-state index in [1.165, 1.54) is 27.6 Å². The number of likely N-dealkylation sites (tertiary alicyclic amines) is 1. The Kier molecular flexibility index (Phi) is 3.80. The van der Waals surface area contributed by atoms with Crippen molar-refractivity contribution < 1.29 is 9.22 Å². The second kappa shape index (κ2) is 6.34. The Morgan fingerprint density at radius 2 is 1.67 bits per heavy atom. The summed E-state index contributed by atoms with van der Waals surface area (Å²) in [5, 5.41) is 4.93. The van der Waals surface area contributed by atoms with Gasteiger partial charge in [0, 0.05) is 5.56 Å². The maximum absolute atomic E-state index is 6.74. The van der Waals surface area contributed by atoms with Gasteiger partial charge in [-0.25, -0.2) is 0 Å². The minimum Gasteiger partial charge on any atom is -0.470 e. The average Bonchev–Trinajstić information content (AvgIpc) is 3.22. The molecule has 3 heterocycles. The summed E-state index contributed by atoms with van der Waals surface area (Å²) in [5.41, 5.74) is 7.10. The Morgan fingerprint density at radius 3 is 2.50 bits per heavy atom. The molecule has 3 aliphatic rings. The lowest BCUT2D eigenvalue weighted by Crippen LogP contribution is -2.65. The molecule has 3 aliphatic heterocycles. The van der Waals surface area contributed by atoms with Crippen LogP contribution in [-0.4, -0.2) is 42.4 Å². The maximum atomic E-state index is 6.74. The van der Waals surface area contributed by atoms with E-state index in [1.807, 2.05) is 0 Å². The van der Waals surface area contributed by atoms with Gasteiger partial charge in [-0.15, -0.1) is 0 Å². The lowest BCUT2D eigenvalue weighted by Gasteiger charge is -2.52. The van der Waals surface area contributed by atoms with Crippen LogP contribution in [0.1, 0.15) is 30.0 Å². The number of nitrogens with zero attached hydrogens (tertiary/aromatic N) is 2. The van der Waals surface area contributed by atoms with Crippen LogP contribution in [0.15, 0.2) is 72.8 Å². The highest BCUT2D eigenvalue weighted by molar-refractivity contribution is 5.86. The van der Waals surface area contributed by atoms with Crippen LogP contribution in [-0.2, 0) is 0 Å². The summed E-state index contributed by atoms with van der Waals surface area (Å²) < 4.78 is 7.79. The van der Waals surface area contributed by atoms with Crippen LogP contribution in [0.2, 0.25) is 0 Å². The van der Waals surface area contributed by atoms with E-state index < -0.39 is 0 Å². The number of fused-ring (bicyclic) bond motifs is 5. The summed E-state index contributed by atoms with van der Waals surface area (Å²) in [5.74, 6) is 1.03. The van der Waals surface area contributed by atoms with Gasteiger partial charge in [-0.3, -0.25) is 0 Å². The van der Waals surface area contributed by atoms with E-state index in [0.29, 0.717) is 0 Å². The van der Waals surface area contributed by atoms with Crippen LogP contribution in [0.3, 0.4) is 0 Å². The van der Waals surface area contributed by atoms with Gasteiger partial charge >= 0.3 is 0 Å². The Bertz CT molecular complexity index is 1160. The minimum absolute atomic E-state index is 0.185. The topological polar surface area (TPSA) is 24.5 Å². The van der Waals surface area contributed by atoms with Crippen LogP contribution in [0.25, 0.3) is 16.5 Å². The van der Waals surface area contributed by atoms with E-state index in [2.05, 4.69) is 97.3 Å². The van der Waals surface area contributed by atoms with E-state index in [0.717, 1.165) is 36.2 Å². The molecule has 1 atom stereocenters. The third-order valence-electron chi connectivity index (χ3n) is 7.10. The number of rotatable bonds is 1. The van der Waals surface area contributed by atoms with Crippen molar-refractivity contribution in [1.82, 2.24) is 10.4 Å². The predicted octanol–water partition coefficient (Wildman–Crippen LogP) is 4.70. The SMILES string of the molecule is C[N+]1(C)CCC2(CC1)Oc1ccccc1[C@H]1C=C(c3ccc4ccccc4c3)NN12. The van der Waals surface area contributed by atoms with Crippen LogP contribution in [0, 0.1) is 0 Å². The van der Waals surface area contributed by atoms with Crippen LogP contribution < -0.4 is 10.2 Å². The van der Waals surface area contributed by atoms with Gasteiger partial charge in [0.15, 0.2) is 5.72 Å². The van der Waals surface area contributed by atoms with Crippen LogP contribution in [0.4, 0.5) is 0 Å². The number of hydrogen-bond acceptors (Lipinski definition) is 3. The van der Waals surface area contributed by atoms with Crippen molar-refractivity contribution in [3.05, 3.63) is 83.9 Å². The smallest absolute Gasteiger partial charge is 0.191 e. The molecular formula is C26H28N3O+. The van der Waals surface area contributed by atoms with Crippen molar-refractivity contribution in [2.45, 2.75) is 24.6 Å². The van der Waals surface area contributed by atoms with Gasteiger partial charge in [-0.2, -0.15) is 5.01 Å². The lowest BCUT2D eigenvalue weighted by molar-refractivity contribution is -0.898. The summed E-state index contributed by atoms with van der Waals surface area (Å²) >= 11 is 0. The molecule has 3 aromatic rings. The first-order valence-electron chi connectivity index (χ1n) is 10.9. The molecule has 30 heavy (non-hydrogen) atoms. The predicted molar refractivity (Wildman–Crippen MR) is 121 cm³/mol. The molecule has 1 fully saturated rings. The fraction of sp³-hybridized carbons (Fsp3) is 0.308. The number of piperidine rings is 1. The van der Waals surface area contributed by atoms with E-state index in [1.54, 1.807) is 0 Å². The summed E-state index contributed by atoms with van der Waals surface area (Å²) in [4.78, 5) is 0. The van der Waals surface area contributed by atoms with Gasteiger partial charge < -0.3 is 14.6 Å². The van der Waals surface area contributed by atoms with Gasteiger partial charge in [0.25, 0.3) is 0 Å². The molecule has 0 bridgehead atoms. The van der Waals surface area contributed by atoms with Crippen molar-refractivity contribution in [3.8, 4) is 5.75 Å². The Hall–Kier alpha value is -2.82. The molecule has 0 aliphatic carbocycles. The van der Waals surface area contributed by atoms with Gasteiger partial charge in [-0.05, 0) is 34.5 Å². The second-order valence-electron chi connectivity index (χ2n) is 9.54. The maximum Gasteiger partial charge on any atom is 0.191 e. The Morgan fingerprint density at radius 1 is 0.933 bits per heavy atom. The van der Waals surface area contributed by atoms with Gasteiger partial charge in [0.1, 0.15) is 5.75 Å². The third kappa shape index (κ3) is 2.75. The van der Waals surface area contributed by atoms with E-state index in [4.69, 9.17) is 4.74 Å². The van der Waals surface area contributed by atoms with E-state index in [9.17, 15) is 0 Å². The number of benzene rings is 3. The largest absolute Gasteiger partial charge is 0.470 e. The number of ether oxygens (including phenoxy) is 1. The van der Waals surface area contributed by atoms with Crippen molar-refractivity contribution >= 4 is 16.5 Å². The zero-order valence-corrected chi connectivity index (χ0v) is 17.6. The zero-order valence-electron chi connectivity index (χ0n) is 17.6. The monoisotopic (exact) mass is 398 g/mol. The van der Waals surface area contributed by atoms with Gasteiger partial charge in [-0.1, -0.05) is 54.6 Å². The summed E-state index contributed by atoms with van der Waals surface area (Å²) in [6, 6.07) is 24.0. The van der Waals surface area contributed by atoms with E-state index >= 15 is 0 Å². The first-order valence-corrected chi connectivity index (χ1v) is 10.9. The number of quaternary nitrogens is 1. The molecule has 6 rings (SSSR count). The quantitative estimate of drug-likeness (QED) is 0.601. The molecule has 0 radical (unpaired) electrons. The second-order valence-corrected chi connectivity index (χ2v) is 9.54. The highest BCUT2D eigenvalue weighted by Gasteiger charge is 2.53. The zero-order chi connectivity index (χ0) is 20.3. The van der Waals surface area contributed by atoms with Gasteiger partial charge in [0.2, 0.25) is 0 Å². The highest BCUT2D eigenvalue weighted by Crippen LogP contribution is 2.48. The highest BCUT2D eigenvalue weighted by atomic mass is 16.5. The van der Waals surface area contributed by atoms with Crippen molar-refractivity contribution in [2.75, 3.05) is 27.2 Å². The number of nitrogens with one attached hydrogen (secondary N) is 1. The first kappa shape index (κ1) is 18.0. The minimum atomic E-state index is -0.304. The van der Waals surface area contributed by atoms with Crippen LogP contribution >= 0.6 is 0 Å². The Balaban J connectivity index is 1.42. The summed E-state index contributed by atoms with van der Waals surface area (Å²) in [6.45, 7) is 2.22. The first-order chi connectivity index (χ1) is 14.5. The molecule has 152 valence electrons. The standard InChI is InChI=1S/C26H28N3O/c1-29(2)15-13-26(14-16-29)28-24(22-9-5-6-10-25(22)30-26)18-23(27-28)21-12-11-19-7-3-4-8-20(19)17-21/h3-12,17-18,24,27H,13-16H2,1-2H3/q+1/t24-/m1/s1. The molecule has 4 nitrogen and oxygen atoms in total. The fourth-order valence-corrected chi connectivity index (χ4v) is 5.18. The molecule has 1 saturated heterocycles. The Labute approximate surface area is 177 Å². The number of hydrazine groups is 1. The van der Waals surface area contributed by atoms with Crippen molar-refractivity contribution in [2.24, 2.45) is 0 Å². The van der Waals surface area contributed by atoms with Crippen LogP contribution in [0.5, 0.6) is 5.75 Å². The molecule has 1 N–H and O–H groups in total. The third-order valence-corrected chi connectivity index (χ3v) is 7.10. The molecule has 0 unspecified atom stereocenters. The summed E-state index contributed by atoms with van der Waals surface area (Å²) in [7, 11) is 4.63. The van der Waals surface area contributed by atoms with Gasteiger partial charge in [0.05, 0.1) is 51.8 Å². The lowest BCUT2D eigenvalue weighted by atomic mass is 9.92. The van der Waals surface area contributed by atoms with Crippen molar-refractivity contribution in [1.29, 1.82) is 0 Å². The van der Waals surface area contributed by atoms with Crippen molar-refractivity contribution in [3.63, 3.8) is 0 Å². The molecule has 0 aromatic heterocycles. The fourth-order valence-electron chi connectivity index (χ4n) is 5.18. The molecule has 0 amide bonds. The van der Waals surface area contributed by atoms with E-state index in [-0.39, 0.29) is 11.8 Å². The molecular weight excluding hydrogens is 370 g/mol. The molecule has 1 spiro atoms. The average molecular weight is 399 g/mol. The number of para-hydroxylation sites is 1. The molecule has 0 saturated carbocycles. The summed E-state index contributed by atoms with van der Waals surface area (Å²) in [6.07, 6.45) is 4.40. The molecule has 4 heteroatoms. The molecule has 3 aromatic carbocycles. The number of hydrogen-bond donors (Lipinski definition) is 1.